The van der Waals surface area contributed by atoms with Crippen molar-refractivity contribution in [2.45, 2.75) is 38.5 Å². The molecular formula is C12H20N2O. The van der Waals surface area contributed by atoms with Crippen LogP contribution in [0.15, 0.2) is 18.3 Å². The van der Waals surface area contributed by atoms with Gasteiger partial charge in [0.2, 0.25) is 0 Å². The van der Waals surface area contributed by atoms with Crippen LogP contribution in [0.1, 0.15) is 25.5 Å². The molecule has 84 valence electrons. The van der Waals surface area contributed by atoms with Crippen molar-refractivity contribution in [1.82, 2.24) is 9.47 Å². The topological polar surface area (TPSA) is 28.4 Å². The van der Waals surface area contributed by atoms with Gasteiger partial charge in [-0.2, -0.15) is 0 Å². The lowest BCUT2D eigenvalue weighted by Gasteiger charge is -2.23. The number of aryl methyl sites for hydroxylation is 1. The number of nitrogens with zero attached hydrogens (tertiary/aromatic N) is 2. The Labute approximate surface area is 91.3 Å². The van der Waals surface area contributed by atoms with Crippen molar-refractivity contribution < 1.29 is 5.11 Å². The van der Waals surface area contributed by atoms with Gasteiger partial charge in [0.05, 0.1) is 6.10 Å². The van der Waals surface area contributed by atoms with Crippen LogP contribution in [0.3, 0.4) is 0 Å². The summed E-state index contributed by atoms with van der Waals surface area (Å²) in [6, 6.07) is 4.93. The minimum atomic E-state index is -0.231. The predicted molar refractivity (Wildman–Crippen MR) is 60.5 cm³/mol. The number of hydrogen-bond donors (Lipinski definition) is 1. The Morgan fingerprint density at radius 2 is 2.33 bits per heavy atom. The number of aromatic nitrogens is 1. The molecule has 0 amide bonds. The zero-order chi connectivity index (χ0) is 10.8. The van der Waals surface area contributed by atoms with Gasteiger partial charge in [-0.05, 0) is 31.9 Å². The molecule has 1 aliphatic carbocycles. The van der Waals surface area contributed by atoms with E-state index in [0.717, 1.165) is 13.1 Å². The summed E-state index contributed by atoms with van der Waals surface area (Å²) in [5.74, 6) is 0. The van der Waals surface area contributed by atoms with Crippen molar-refractivity contribution in [3.63, 3.8) is 0 Å². The fourth-order valence-electron chi connectivity index (χ4n) is 1.99. The van der Waals surface area contributed by atoms with Crippen LogP contribution in [0.4, 0.5) is 0 Å². The van der Waals surface area contributed by atoms with Gasteiger partial charge in [0, 0.05) is 38.1 Å². The highest BCUT2D eigenvalue weighted by Crippen LogP contribution is 2.28. The average Bonchev–Trinajstić information content (AvgIpc) is 2.92. The molecule has 0 aromatic carbocycles. The third-order valence-electron chi connectivity index (χ3n) is 2.98. The lowest BCUT2D eigenvalue weighted by atomic mass is 10.3. The minimum absolute atomic E-state index is 0.231. The second-order valence-corrected chi connectivity index (χ2v) is 4.62. The molecule has 15 heavy (non-hydrogen) atoms. The molecule has 0 bridgehead atoms. The molecule has 1 atom stereocenters. The van der Waals surface area contributed by atoms with E-state index in [0.29, 0.717) is 6.04 Å². The monoisotopic (exact) mass is 208 g/mol. The van der Waals surface area contributed by atoms with Gasteiger partial charge in [0.1, 0.15) is 0 Å². The van der Waals surface area contributed by atoms with Crippen molar-refractivity contribution in [3.8, 4) is 0 Å². The fourth-order valence-corrected chi connectivity index (χ4v) is 1.99. The molecule has 1 heterocycles. The predicted octanol–water partition coefficient (Wildman–Crippen LogP) is 1.37. The Morgan fingerprint density at radius 1 is 1.60 bits per heavy atom. The molecule has 1 unspecified atom stereocenters. The molecular weight excluding hydrogens is 188 g/mol. The van der Waals surface area contributed by atoms with E-state index in [4.69, 9.17) is 0 Å². The largest absolute Gasteiger partial charge is 0.392 e. The highest BCUT2D eigenvalue weighted by atomic mass is 16.3. The molecule has 1 fully saturated rings. The standard InChI is InChI=1S/C12H20N2O/c1-10(15)8-14(11-5-6-11)9-12-4-3-7-13(12)2/h3-4,7,10-11,15H,5-6,8-9H2,1-2H3. The number of aliphatic hydroxyl groups excluding tert-OH is 1. The Balaban J connectivity index is 1.97. The summed E-state index contributed by atoms with van der Waals surface area (Å²) in [5.41, 5.74) is 1.32. The van der Waals surface area contributed by atoms with Crippen LogP contribution in [0.5, 0.6) is 0 Å². The van der Waals surface area contributed by atoms with Crippen molar-refractivity contribution >= 4 is 0 Å². The van der Waals surface area contributed by atoms with Gasteiger partial charge >= 0.3 is 0 Å². The third kappa shape index (κ3) is 2.83. The maximum Gasteiger partial charge on any atom is 0.0639 e. The van der Waals surface area contributed by atoms with Crippen LogP contribution in [0, 0.1) is 0 Å². The lowest BCUT2D eigenvalue weighted by molar-refractivity contribution is 0.116. The van der Waals surface area contributed by atoms with E-state index >= 15 is 0 Å². The Morgan fingerprint density at radius 3 is 2.80 bits per heavy atom. The molecule has 0 aliphatic heterocycles. The van der Waals surface area contributed by atoms with E-state index in [9.17, 15) is 5.11 Å². The molecule has 2 rings (SSSR count). The Kier molecular flexibility index (Phi) is 3.12. The number of hydrogen-bond acceptors (Lipinski definition) is 2. The van der Waals surface area contributed by atoms with Crippen molar-refractivity contribution in [1.29, 1.82) is 0 Å². The SMILES string of the molecule is CC(O)CN(Cc1cccn1C)C1CC1. The van der Waals surface area contributed by atoms with E-state index in [1.54, 1.807) is 0 Å². The molecule has 0 radical (unpaired) electrons. The van der Waals surface area contributed by atoms with E-state index in [-0.39, 0.29) is 6.10 Å². The van der Waals surface area contributed by atoms with E-state index in [1.807, 2.05) is 6.92 Å². The molecule has 1 aliphatic rings. The van der Waals surface area contributed by atoms with E-state index in [2.05, 4.69) is 34.8 Å². The van der Waals surface area contributed by atoms with Crippen molar-refractivity contribution in [2.75, 3.05) is 6.54 Å². The van der Waals surface area contributed by atoms with Crippen LogP contribution < -0.4 is 0 Å². The molecule has 3 nitrogen and oxygen atoms in total. The van der Waals surface area contributed by atoms with Crippen LogP contribution in [-0.2, 0) is 13.6 Å². The molecule has 1 aromatic rings. The molecule has 1 saturated carbocycles. The Hall–Kier alpha value is -0.800. The summed E-state index contributed by atoms with van der Waals surface area (Å²) in [6.07, 6.45) is 4.42. The van der Waals surface area contributed by atoms with Gasteiger partial charge in [0.15, 0.2) is 0 Å². The van der Waals surface area contributed by atoms with E-state index < -0.39 is 0 Å². The first kappa shape index (κ1) is 10.7. The van der Waals surface area contributed by atoms with Crippen LogP contribution in [0.2, 0.25) is 0 Å². The summed E-state index contributed by atoms with van der Waals surface area (Å²) in [5, 5.41) is 9.45. The maximum atomic E-state index is 9.45. The molecule has 3 heteroatoms. The van der Waals surface area contributed by atoms with Crippen LogP contribution in [0.25, 0.3) is 0 Å². The minimum Gasteiger partial charge on any atom is -0.392 e. The van der Waals surface area contributed by atoms with Crippen molar-refractivity contribution in [3.05, 3.63) is 24.0 Å². The quantitative estimate of drug-likeness (QED) is 0.791. The summed E-state index contributed by atoms with van der Waals surface area (Å²) in [6.45, 7) is 3.61. The van der Waals surface area contributed by atoms with Crippen LogP contribution >= 0.6 is 0 Å². The first-order valence-corrected chi connectivity index (χ1v) is 5.69. The van der Waals surface area contributed by atoms with Gasteiger partial charge in [-0.1, -0.05) is 0 Å². The second-order valence-electron chi connectivity index (χ2n) is 4.62. The Bertz CT molecular complexity index is 315. The molecule has 0 spiro atoms. The smallest absolute Gasteiger partial charge is 0.0639 e. The van der Waals surface area contributed by atoms with Crippen molar-refractivity contribution in [2.24, 2.45) is 7.05 Å². The third-order valence-corrected chi connectivity index (χ3v) is 2.98. The first-order chi connectivity index (χ1) is 7.16. The lowest BCUT2D eigenvalue weighted by Crippen LogP contribution is -2.33. The summed E-state index contributed by atoms with van der Waals surface area (Å²) >= 11 is 0. The second kappa shape index (κ2) is 4.37. The summed E-state index contributed by atoms with van der Waals surface area (Å²) < 4.78 is 2.15. The summed E-state index contributed by atoms with van der Waals surface area (Å²) in [7, 11) is 2.07. The number of rotatable bonds is 5. The zero-order valence-electron chi connectivity index (χ0n) is 9.56. The highest BCUT2D eigenvalue weighted by molar-refractivity contribution is 5.07. The van der Waals surface area contributed by atoms with Crippen LogP contribution in [-0.4, -0.2) is 33.3 Å². The van der Waals surface area contributed by atoms with Gasteiger partial charge in [-0.15, -0.1) is 0 Å². The maximum absolute atomic E-state index is 9.45. The molecule has 0 saturated heterocycles. The fraction of sp³-hybridized carbons (Fsp3) is 0.667. The molecule has 1 N–H and O–H groups in total. The first-order valence-electron chi connectivity index (χ1n) is 5.69. The van der Waals surface area contributed by atoms with Gasteiger partial charge in [-0.25, -0.2) is 0 Å². The van der Waals surface area contributed by atoms with Gasteiger partial charge in [-0.3, -0.25) is 4.90 Å². The molecule has 1 aromatic heterocycles. The van der Waals surface area contributed by atoms with E-state index in [1.165, 1.54) is 18.5 Å². The zero-order valence-corrected chi connectivity index (χ0v) is 9.56. The number of aliphatic hydroxyl groups is 1. The van der Waals surface area contributed by atoms with Gasteiger partial charge < -0.3 is 9.67 Å². The van der Waals surface area contributed by atoms with Gasteiger partial charge in [0.25, 0.3) is 0 Å². The summed E-state index contributed by atoms with van der Waals surface area (Å²) in [4.78, 5) is 2.39. The highest BCUT2D eigenvalue weighted by Gasteiger charge is 2.29. The average molecular weight is 208 g/mol. The normalized spacial score (nSPS) is 18.4.